The second-order valence-corrected chi connectivity index (χ2v) is 7.16. The van der Waals surface area contributed by atoms with Crippen LogP contribution in [-0.2, 0) is 27.2 Å². The van der Waals surface area contributed by atoms with Crippen molar-refractivity contribution in [1.29, 1.82) is 0 Å². The van der Waals surface area contributed by atoms with E-state index in [0.29, 0.717) is 24.3 Å². The highest BCUT2D eigenvalue weighted by atomic mass is 19.4. The number of nitrogens with one attached hydrogen (secondary N) is 1. The Morgan fingerprint density at radius 2 is 1.71 bits per heavy atom. The molecule has 3 amide bonds. The first kappa shape index (κ1) is 26.1. The second-order valence-electron chi connectivity index (χ2n) is 7.16. The Morgan fingerprint density at radius 1 is 1.09 bits per heavy atom. The van der Waals surface area contributed by atoms with Crippen LogP contribution < -0.4 is 11.1 Å². The molecule has 182 valence electrons. The zero-order valence-electron chi connectivity index (χ0n) is 17.5. The van der Waals surface area contributed by atoms with Gasteiger partial charge in [-0.05, 0) is 36.1 Å². The molecule has 5 N–H and O–H groups in total. The van der Waals surface area contributed by atoms with Gasteiger partial charge in [0, 0.05) is 12.7 Å². The van der Waals surface area contributed by atoms with E-state index >= 15 is 0 Å². The molecule has 1 fully saturated rings. The Kier molecular flexibility index (Phi) is 8.53. The van der Waals surface area contributed by atoms with Gasteiger partial charge in [-0.2, -0.15) is 13.2 Å². The van der Waals surface area contributed by atoms with Crippen molar-refractivity contribution in [2.45, 2.75) is 25.1 Å². The summed E-state index contributed by atoms with van der Waals surface area (Å²) in [4.78, 5) is 49.8. The van der Waals surface area contributed by atoms with Gasteiger partial charge >= 0.3 is 24.1 Å². The molecule has 3 rings (SSSR count). The highest BCUT2D eigenvalue weighted by molar-refractivity contribution is 6.07. The fourth-order valence-electron chi connectivity index (χ4n) is 3.18. The number of carbonyl (C=O) groups excluding carboxylic acids is 2. The maximum absolute atomic E-state index is 12.4. The lowest BCUT2D eigenvalue weighted by atomic mass is 9.82. The number of anilines is 1. The summed E-state index contributed by atoms with van der Waals surface area (Å²) in [5.74, 6) is -4.98. The van der Waals surface area contributed by atoms with Crippen molar-refractivity contribution in [3.8, 4) is 0 Å². The molecule has 34 heavy (non-hydrogen) atoms. The number of carboxylic acid groups (broad SMARTS) is 2. The fourth-order valence-corrected chi connectivity index (χ4v) is 3.18. The summed E-state index contributed by atoms with van der Waals surface area (Å²) < 4.78 is 31.7. The standard InChI is InChI=1S/C19H20N4O4.C2HF3O2/c20-15-11-13(7-8-21-15)10-14-16(18(25)26)23(17(14)24)19(27)22-9-6-12-4-2-1-3-5-12;3-2(4,5)1(6)7/h1-5,7-8,11,14,16H,6,9-10H2,(H2,20,21)(H,22,27)(H,25,26);(H,6,7)/t14?,16-;/m1./s1. The summed E-state index contributed by atoms with van der Waals surface area (Å²) in [6, 6.07) is 10.9. The summed E-state index contributed by atoms with van der Waals surface area (Å²) in [6.07, 6.45) is -2.81. The summed E-state index contributed by atoms with van der Waals surface area (Å²) in [7, 11) is 0. The van der Waals surface area contributed by atoms with Crippen molar-refractivity contribution < 1.29 is 42.6 Å². The van der Waals surface area contributed by atoms with E-state index in [0.717, 1.165) is 10.5 Å². The molecule has 2 heterocycles. The van der Waals surface area contributed by atoms with E-state index in [4.69, 9.17) is 15.6 Å². The number of hydrogen-bond acceptors (Lipinski definition) is 6. The van der Waals surface area contributed by atoms with Crippen molar-refractivity contribution in [3.63, 3.8) is 0 Å². The van der Waals surface area contributed by atoms with Crippen LogP contribution in [0.15, 0.2) is 48.7 Å². The number of nitrogens with two attached hydrogens (primary N) is 1. The van der Waals surface area contributed by atoms with Crippen LogP contribution in [0.1, 0.15) is 11.1 Å². The number of alkyl halides is 3. The monoisotopic (exact) mass is 482 g/mol. The quantitative estimate of drug-likeness (QED) is 0.452. The molecular formula is C21H21F3N4O6. The van der Waals surface area contributed by atoms with Gasteiger partial charge in [0.15, 0.2) is 6.04 Å². The molecule has 13 heteroatoms. The molecule has 1 aliphatic rings. The van der Waals surface area contributed by atoms with Gasteiger partial charge in [0.2, 0.25) is 5.91 Å². The molecule has 0 radical (unpaired) electrons. The zero-order valence-corrected chi connectivity index (χ0v) is 17.5. The van der Waals surface area contributed by atoms with Crippen molar-refractivity contribution in [3.05, 3.63) is 59.8 Å². The summed E-state index contributed by atoms with van der Waals surface area (Å²) >= 11 is 0. The largest absolute Gasteiger partial charge is 0.490 e. The predicted molar refractivity (Wildman–Crippen MR) is 111 cm³/mol. The number of benzene rings is 1. The third-order valence-electron chi connectivity index (χ3n) is 4.76. The summed E-state index contributed by atoms with van der Waals surface area (Å²) in [5.41, 5.74) is 7.36. The Bertz CT molecular complexity index is 1050. The number of amides is 3. The molecule has 1 unspecified atom stereocenters. The smallest absolute Gasteiger partial charge is 0.480 e. The first-order valence-electron chi connectivity index (χ1n) is 9.80. The number of hydrogen-bond donors (Lipinski definition) is 4. The number of nitrogens with zero attached hydrogens (tertiary/aromatic N) is 2. The second kappa shape index (κ2) is 11.1. The van der Waals surface area contributed by atoms with E-state index in [9.17, 15) is 32.7 Å². The number of aromatic nitrogens is 1. The average Bonchev–Trinajstić information content (AvgIpc) is 2.75. The predicted octanol–water partition coefficient (Wildman–Crippen LogP) is 1.70. The minimum atomic E-state index is -5.08. The first-order chi connectivity index (χ1) is 15.9. The maximum atomic E-state index is 12.4. The SMILES string of the molecule is Nc1cc(CC2C(=O)N(C(=O)NCCc3ccccc3)[C@H]2C(=O)O)ccn1.O=C(O)C(F)(F)F. The van der Waals surface area contributed by atoms with Gasteiger partial charge in [0.1, 0.15) is 5.82 Å². The normalized spacial score (nSPS) is 17.1. The number of likely N-dealkylation sites (tertiary alicyclic amines) is 1. The lowest BCUT2D eigenvalue weighted by molar-refractivity contribution is -0.192. The molecule has 0 aliphatic carbocycles. The van der Waals surface area contributed by atoms with Crippen LogP contribution in [0.5, 0.6) is 0 Å². The lowest BCUT2D eigenvalue weighted by Crippen LogP contribution is -2.68. The van der Waals surface area contributed by atoms with E-state index in [1.54, 1.807) is 12.1 Å². The fraction of sp³-hybridized carbons (Fsp3) is 0.286. The van der Waals surface area contributed by atoms with Crippen LogP contribution >= 0.6 is 0 Å². The van der Waals surface area contributed by atoms with Crippen LogP contribution in [0, 0.1) is 5.92 Å². The highest BCUT2D eigenvalue weighted by Crippen LogP contribution is 2.30. The number of pyridine rings is 1. The van der Waals surface area contributed by atoms with Gasteiger partial charge in [-0.15, -0.1) is 0 Å². The summed E-state index contributed by atoms with van der Waals surface area (Å²) in [5, 5.41) is 19.2. The van der Waals surface area contributed by atoms with Gasteiger partial charge in [0.25, 0.3) is 0 Å². The van der Waals surface area contributed by atoms with Crippen LogP contribution in [-0.4, -0.2) is 62.7 Å². The van der Waals surface area contributed by atoms with Crippen molar-refractivity contribution in [2.75, 3.05) is 12.3 Å². The maximum Gasteiger partial charge on any atom is 0.490 e. The topological polar surface area (TPSA) is 163 Å². The molecule has 1 aromatic heterocycles. The molecule has 1 saturated heterocycles. The van der Waals surface area contributed by atoms with Crippen molar-refractivity contribution in [1.82, 2.24) is 15.2 Å². The molecular weight excluding hydrogens is 461 g/mol. The van der Waals surface area contributed by atoms with Gasteiger partial charge in [-0.25, -0.2) is 24.3 Å². The number of halogens is 3. The third-order valence-corrected chi connectivity index (χ3v) is 4.76. The lowest BCUT2D eigenvalue weighted by Gasteiger charge is -2.42. The van der Waals surface area contributed by atoms with Crippen LogP contribution in [0.3, 0.4) is 0 Å². The van der Waals surface area contributed by atoms with E-state index in [2.05, 4.69) is 10.3 Å². The Balaban J connectivity index is 0.000000509. The van der Waals surface area contributed by atoms with E-state index < -0.39 is 42.0 Å². The van der Waals surface area contributed by atoms with Gasteiger partial charge in [-0.1, -0.05) is 30.3 Å². The third kappa shape index (κ3) is 6.92. The number of nitrogen functional groups attached to an aromatic ring is 1. The van der Waals surface area contributed by atoms with E-state index in [-0.39, 0.29) is 6.42 Å². The molecule has 0 bridgehead atoms. The van der Waals surface area contributed by atoms with Gasteiger partial charge in [-0.3, -0.25) is 4.79 Å². The molecule has 0 saturated carbocycles. The highest BCUT2D eigenvalue weighted by Gasteiger charge is 2.54. The average molecular weight is 482 g/mol. The van der Waals surface area contributed by atoms with Crippen LogP contribution in [0.25, 0.3) is 0 Å². The summed E-state index contributed by atoms with van der Waals surface area (Å²) in [6.45, 7) is 0.310. The molecule has 2 atom stereocenters. The first-order valence-corrected chi connectivity index (χ1v) is 9.80. The number of urea groups is 1. The zero-order chi connectivity index (χ0) is 25.5. The number of β-lactam (4-membered cyclic amide) rings is 1. The molecule has 10 nitrogen and oxygen atoms in total. The number of rotatable bonds is 6. The molecule has 0 spiro atoms. The van der Waals surface area contributed by atoms with Crippen molar-refractivity contribution in [2.24, 2.45) is 5.92 Å². The number of carbonyl (C=O) groups is 4. The van der Waals surface area contributed by atoms with Gasteiger partial charge < -0.3 is 21.3 Å². The Hall–Kier alpha value is -4.16. The minimum absolute atomic E-state index is 0.191. The van der Waals surface area contributed by atoms with E-state index in [1.807, 2.05) is 30.3 Å². The van der Waals surface area contributed by atoms with Crippen LogP contribution in [0.2, 0.25) is 0 Å². The van der Waals surface area contributed by atoms with Crippen LogP contribution in [0.4, 0.5) is 23.8 Å². The van der Waals surface area contributed by atoms with Gasteiger partial charge in [0.05, 0.1) is 5.92 Å². The molecule has 1 aliphatic heterocycles. The Labute approximate surface area is 191 Å². The molecule has 2 aromatic rings. The number of aliphatic carboxylic acids is 2. The minimum Gasteiger partial charge on any atom is -0.480 e. The number of imide groups is 1. The molecule has 1 aromatic carbocycles. The van der Waals surface area contributed by atoms with Crippen molar-refractivity contribution >= 4 is 29.7 Å². The Morgan fingerprint density at radius 3 is 2.24 bits per heavy atom. The van der Waals surface area contributed by atoms with E-state index in [1.165, 1.54) is 6.20 Å². The number of carboxylic acids is 2.